The summed E-state index contributed by atoms with van der Waals surface area (Å²) in [6.45, 7) is 3.92. The first-order valence-electron chi connectivity index (χ1n) is 4.52. The highest BCUT2D eigenvalue weighted by atomic mass is 16.1. The predicted octanol–water partition coefficient (Wildman–Crippen LogP) is 2.44. The Labute approximate surface area is 82.2 Å². The molecule has 0 unspecified atom stereocenters. The average molecular weight is 188 g/mol. The van der Waals surface area contributed by atoms with Gasteiger partial charge in [0.05, 0.1) is 5.69 Å². The molecule has 72 valence electrons. The van der Waals surface area contributed by atoms with Crippen LogP contribution in [0, 0.1) is 13.8 Å². The van der Waals surface area contributed by atoms with Crippen LogP contribution in [0.15, 0.2) is 18.3 Å². The molecule has 0 aliphatic carbocycles. The number of carbonyl (C=O) groups excluding carboxylic acids is 1. The van der Waals surface area contributed by atoms with E-state index in [2.05, 4.69) is 9.97 Å². The Hall–Kier alpha value is -1.77. The van der Waals surface area contributed by atoms with Crippen molar-refractivity contribution in [1.82, 2.24) is 9.97 Å². The number of aromatic nitrogens is 2. The first-order valence-corrected chi connectivity index (χ1v) is 4.52. The van der Waals surface area contributed by atoms with E-state index in [0.717, 1.165) is 28.8 Å². The second-order valence-electron chi connectivity index (χ2n) is 3.37. The van der Waals surface area contributed by atoms with E-state index >= 15 is 0 Å². The van der Waals surface area contributed by atoms with Gasteiger partial charge in [0, 0.05) is 23.1 Å². The molecule has 2 aromatic rings. The maximum atomic E-state index is 10.7. The first kappa shape index (κ1) is 8.81. The first-order chi connectivity index (χ1) is 6.74. The number of hydrogen-bond acceptors (Lipinski definition) is 1. The molecule has 0 fully saturated rings. The molecule has 2 heterocycles. The maximum absolute atomic E-state index is 10.7. The molecule has 0 aliphatic heterocycles. The van der Waals surface area contributed by atoms with Gasteiger partial charge in [-0.15, -0.1) is 0 Å². The van der Waals surface area contributed by atoms with E-state index in [1.807, 2.05) is 32.2 Å². The monoisotopic (exact) mass is 188 g/mol. The van der Waals surface area contributed by atoms with E-state index in [1.54, 1.807) is 0 Å². The van der Waals surface area contributed by atoms with Gasteiger partial charge in [0.1, 0.15) is 0 Å². The highest BCUT2D eigenvalue weighted by molar-refractivity contribution is 5.82. The van der Waals surface area contributed by atoms with E-state index < -0.39 is 0 Å². The van der Waals surface area contributed by atoms with Crippen molar-refractivity contribution in [3.05, 3.63) is 35.3 Å². The summed E-state index contributed by atoms with van der Waals surface area (Å²) in [6.07, 6.45) is 2.73. The number of nitrogens with one attached hydrogen (secondary N) is 2. The molecule has 0 saturated carbocycles. The number of rotatable bonds is 2. The van der Waals surface area contributed by atoms with Gasteiger partial charge in [-0.1, -0.05) is 0 Å². The molecule has 0 saturated heterocycles. The third-order valence-electron chi connectivity index (χ3n) is 2.46. The predicted molar refractivity (Wildman–Crippen MR) is 55.4 cm³/mol. The van der Waals surface area contributed by atoms with Crippen molar-refractivity contribution in [2.24, 2.45) is 0 Å². The SMILES string of the molecule is Cc1[nH]c(C=O)c(C)c1-c1ccc[nH]1. The van der Waals surface area contributed by atoms with Crippen LogP contribution in [0.2, 0.25) is 0 Å². The molecule has 0 bridgehead atoms. The lowest BCUT2D eigenvalue weighted by molar-refractivity contribution is 0.111. The van der Waals surface area contributed by atoms with Gasteiger partial charge in [-0.2, -0.15) is 0 Å². The Balaban J connectivity index is 2.64. The fourth-order valence-corrected chi connectivity index (χ4v) is 1.78. The highest BCUT2D eigenvalue weighted by Gasteiger charge is 2.12. The minimum absolute atomic E-state index is 0.659. The summed E-state index contributed by atoms with van der Waals surface area (Å²) in [6, 6.07) is 3.94. The maximum Gasteiger partial charge on any atom is 0.166 e. The van der Waals surface area contributed by atoms with Crippen LogP contribution in [0.1, 0.15) is 21.7 Å². The Kier molecular flexibility index (Phi) is 2.00. The lowest BCUT2D eigenvalue weighted by Gasteiger charge is -1.98. The Morgan fingerprint density at radius 2 is 2.14 bits per heavy atom. The molecule has 14 heavy (non-hydrogen) atoms. The van der Waals surface area contributed by atoms with Gasteiger partial charge < -0.3 is 9.97 Å². The minimum Gasteiger partial charge on any atom is -0.361 e. The molecule has 2 rings (SSSR count). The van der Waals surface area contributed by atoms with Crippen molar-refractivity contribution >= 4 is 6.29 Å². The Morgan fingerprint density at radius 1 is 1.36 bits per heavy atom. The molecule has 0 aromatic carbocycles. The fraction of sp³-hybridized carbons (Fsp3) is 0.182. The Bertz CT molecular complexity index is 452. The van der Waals surface area contributed by atoms with Crippen LogP contribution in [0.5, 0.6) is 0 Å². The lowest BCUT2D eigenvalue weighted by atomic mass is 10.1. The summed E-state index contributed by atoms with van der Waals surface area (Å²) in [5.74, 6) is 0. The summed E-state index contributed by atoms with van der Waals surface area (Å²) in [5, 5.41) is 0. The molecule has 0 aliphatic rings. The van der Waals surface area contributed by atoms with Crippen LogP contribution in [0.4, 0.5) is 0 Å². The zero-order chi connectivity index (χ0) is 10.1. The van der Waals surface area contributed by atoms with Gasteiger partial charge in [-0.3, -0.25) is 4.79 Å². The molecule has 0 amide bonds. The van der Waals surface area contributed by atoms with Gasteiger partial charge in [-0.05, 0) is 31.5 Å². The quantitative estimate of drug-likeness (QED) is 0.699. The molecule has 2 N–H and O–H groups in total. The average Bonchev–Trinajstić information content (AvgIpc) is 2.74. The molecular formula is C11H12N2O. The standard InChI is InChI=1S/C11H12N2O/c1-7-10(6-14)13-8(2)11(7)9-4-3-5-12-9/h3-6,12-13H,1-2H3. The van der Waals surface area contributed by atoms with E-state index in [-0.39, 0.29) is 0 Å². The summed E-state index contributed by atoms with van der Waals surface area (Å²) in [7, 11) is 0. The third-order valence-corrected chi connectivity index (χ3v) is 2.46. The molecule has 3 nitrogen and oxygen atoms in total. The number of aryl methyl sites for hydroxylation is 1. The second-order valence-corrected chi connectivity index (χ2v) is 3.37. The minimum atomic E-state index is 0.659. The van der Waals surface area contributed by atoms with Crippen LogP contribution >= 0.6 is 0 Å². The summed E-state index contributed by atoms with van der Waals surface area (Å²) in [4.78, 5) is 16.9. The van der Waals surface area contributed by atoms with Crippen LogP contribution in [-0.4, -0.2) is 16.3 Å². The van der Waals surface area contributed by atoms with E-state index in [9.17, 15) is 4.79 Å². The number of aromatic amines is 2. The molecule has 0 spiro atoms. The van der Waals surface area contributed by atoms with Crippen LogP contribution in [0.3, 0.4) is 0 Å². The van der Waals surface area contributed by atoms with Gasteiger partial charge >= 0.3 is 0 Å². The topological polar surface area (TPSA) is 48.6 Å². The smallest absolute Gasteiger partial charge is 0.166 e. The third kappa shape index (κ3) is 1.18. The van der Waals surface area contributed by atoms with E-state index in [4.69, 9.17) is 0 Å². The van der Waals surface area contributed by atoms with E-state index in [0.29, 0.717) is 5.69 Å². The zero-order valence-corrected chi connectivity index (χ0v) is 8.22. The molecule has 0 radical (unpaired) electrons. The normalized spacial score (nSPS) is 10.4. The molecular weight excluding hydrogens is 176 g/mol. The van der Waals surface area contributed by atoms with Crippen molar-refractivity contribution < 1.29 is 4.79 Å². The van der Waals surface area contributed by atoms with Crippen molar-refractivity contribution in [3.63, 3.8) is 0 Å². The molecule has 0 atom stereocenters. The number of hydrogen-bond donors (Lipinski definition) is 2. The van der Waals surface area contributed by atoms with E-state index in [1.165, 1.54) is 0 Å². The number of H-pyrrole nitrogens is 2. The van der Waals surface area contributed by atoms with Crippen LogP contribution in [-0.2, 0) is 0 Å². The van der Waals surface area contributed by atoms with Crippen molar-refractivity contribution in [1.29, 1.82) is 0 Å². The molecule has 3 heteroatoms. The van der Waals surface area contributed by atoms with Gasteiger partial charge in [0.25, 0.3) is 0 Å². The summed E-state index contributed by atoms with van der Waals surface area (Å²) in [5.41, 5.74) is 4.82. The van der Waals surface area contributed by atoms with Crippen molar-refractivity contribution in [3.8, 4) is 11.3 Å². The Morgan fingerprint density at radius 3 is 2.64 bits per heavy atom. The number of carbonyl (C=O) groups is 1. The van der Waals surface area contributed by atoms with Gasteiger partial charge in [0.15, 0.2) is 6.29 Å². The van der Waals surface area contributed by atoms with Crippen LogP contribution in [0.25, 0.3) is 11.3 Å². The second kappa shape index (κ2) is 3.18. The lowest BCUT2D eigenvalue weighted by Crippen LogP contribution is -1.83. The summed E-state index contributed by atoms with van der Waals surface area (Å²) < 4.78 is 0. The van der Waals surface area contributed by atoms with Crippen LogP contribution < -0.4 is 0 Å². The fourth-order valence-electron chi connectivity index (χ4n) is 1.78. The zero-order valence-electron chi connectivity index (χ0n) is 8.22. The van der Waals surface area contributed by atoms with Crippen molar-refractivity contribution in [2.45, 2.75) is 13.8 Å². The molecule has 2 aromatic heterocycles. The largest absolute Gasteiger partial charge is 0.361 e. The number of aldehydes is 1. The van der Waals surface area contributed by atoms with Gasteiger partial charge in [-0.25, -0.2) is 0 Å². The summed E-state index contributed by atoms with van der Waals surface area (Å²) >= 11 is 0. The van der Waals surface area contributed by atoms with Gasteiger partial charge in [0.2, 0.25) is 0 Å². The highest BCUT2D eigenvalue weighted by Crippen LogP contribution is 2.27. The van der Waals surface area contributed by atoms with Crippen molar-refractivity contribution in [2.75, 3.05) is 0 Å².